The van der Waals surface area contributed by atoms with E-state index in [1.807, 2.05) is 54.6 Å². The van der Waals surface area contributed by atoms with Crippen LogP contribution in [0.3, 0.4) is 0 Å². The third kappa shape index (κ3) is 3.11. The molecule has 0 bridgehead atoms. The zero-order chi connectivity index (χ0) is 15.4. The standard InChI is InChI=1S/C18H17NO3/c1-21-17-12-13(11-14-9-10-19-18(14)20)7-8-16(17)22-15-5-3-2-4-6-15/h2-8,11-12H,9-10H2,1H3,(H,19,20)/b14-11-. The molecule has 1 heterocycles. The Balaban J connectivity index is 1.86. The van der Waals surface area contributed by atoms with Gasteiger partial charge in [-0.25, -0.2) is 0 Å². The average Bonchev–Trinajstić information content (AvgIpc) is 2.95. The van der Waals surface area contributed by atoms with Gasteiger partial charge in [0.25, 0.3) is 0 Å². The zero-order valence-electron chi connectivity index (χ0n) is 12.3. The summed E-state index contributed by atoms with van der Waals surface area (Å²) in [4.78, 5) is 11.6. The van der Waals surface area contributed by atoms with Gasteiger partial charge in [-0.15, -0.1) is 0 Å². The van der Waals surface area contributed by atoms with E-state index in [2.05, 4.69) is 5.32 Å². The molecule has 0 spiro atoms. The van der Waals surface area contributed by atoms with Gasteiger partial charge in [-0.05, 0) is 42.3 Å². The fraction of sp³-hybridized carbons (Fsp3) is 0.167. The van der Waals surface area contributed by atoms with Crippen LogP contribution in [0.5, 0.6) is 17.2 Å². The molecule has 1 fully saturated rings. The van der Waals surface area contributed by atoms with E-state index < -0.39 is 0 Å². The number of hydrogen-bond donors (Lipinski definition) is 1. The third-order valence-electron chi connectivity index (χ3n) is 3.47. The van der Waals surface area contributed by atoms with Crippen LogP contribution >= 0.6 is 0 Å². The minimum atomic E-state index is 0.00331. The molecule has 4 nitrogen and oxygen atoms in total. The summed E-state index contributed by atoms with van der Waals surface area (Å²) >= 11 is 0. The van der Waals surface area contributed by atoms with Crippen LogP contribution in [0.25, 0.3) is 6.08 Å². The predicted octanol–water partition coefficient (Wildman–Crippen LogP) is 3.39. The molecule has 0 saturated carbocycles. The maximum Gasteiger partial charge on any atom is 0.247 e. The highest BCUT2D eigenvalue weighted by atomic mass is 16.5. The number of methoxy groups -OCH3 is 1. The number of para-hydroxylation sites is 1. The summed E-state index contributed by atoms with van der Waals surface area (Å²) in [6.07, 6.45) is 2.64. The molecule has 2 aromatic carbocycles. The van der Waals surface area contributed by atoms with Crippen molar-refractivity contribution in [3.63, 3.8) is 0 Å². The van der Waals surface area contributed by atoms with E-state index in [0.717, 1.165) is 23.3 Å². The minimum Gasteiger partial charge on any atom is -0.493 e. The molecule has 1 amide bonds. The second-order valence-electron chi connectivity index (χ2n) is 5.00. The van der Waals surface area contributed by atoms with Crippen molar-refractivity contribution >= 4 is 12.0 Å². The van der Waals surface area contributed by atoms with E-state index >= 15 is 0 Å². The summed E-state index contributed by atoms with van der Waals surface area (Å²) in [6.45, 7) is 0.705. The van der Waals surface area contributed by atoms with E-state index in [1.54, 1.807) is 7.11 Å². The molecule has 4 heteroatoms. The van der Waals surface area contributed by atoms with E-state index in [-0.39, 0.29) is 5.91 Å². The first kappa shape index (κ1) is 14.2. The molecule has 0 aromatic heterocycles. The van der Waals surface area contributed by atoms with Gasteiger partial charge in [-0.3, -0.25) is 4.79 Å². The van der Waals surface area contributed by atoms with Crippen molar-refractivity contribution in [2.75, 3.05) is 13.7 Å². The SMILES string of the molecule is COc1cc(/C=C2/CCNC2=O)ccc1Oc1ccccc1. The number of benzene rings is 2. The number of ether oxygens (including phenoxy) is 2. The lowest BCUT2D eigenvalue weighted by atomic mass is 10.1. The summed E-state index contributed by atoms with van der Waals surface area (Å²) in [5.74, 6) is 2.04. The molecule has 1 saturated heterocycles. The van der Waals surface area contributed by atoms with Gasteiger partial charge in [-0.2, -0.15) is 0 Å². The Morgan fingerprint density at radius 3 is 2.59 bits per heavy atom. The fourth-order valence-electron chi connectivity index (χ4n) is 2.35. The Kier molecular flexibility index (Phi) is 4.10. The first-order valence-corrected chi connectivity index (χ1v) is 7.16. The van der Waals surface area contributed by atoms with Crippen LogP contribution in [0.4, 0.5) is 0 Å². The van der Waals surface area contributed by atoms with Gasteiger partial charge in [0.05, 0.1) is 7.11 Å². The Bertz CT molecular complexity index is 708. The van der Waals surface area contributed by atoms with Crippen LogP contribution in [-0.2, 0) is 4.79 Å². The largest absolute Gasteiger partial charge is 0.493 e. The molecule has 1 N–H and O–H groups in total. The van der Waals surface area contributed by atoms with E-state index in [0.29, 0.717) is 18.0 Å². The highest BCUT2D eigenvalue weighted by Crippen LogP contribution is 2.33. The lowest BCUT2D eigenvalue weighted by Crippen LogP contribution is -2.13. The predicted molar refractivity (Wildman–Crippen MR) is 85.1 cm³/mol. The van der Waals surface area contributed by atoms with Crippen LogP contribution in [0.15, 0.2) is 54.1 Å². The van der Waals surface area contributed by atoms with Gasteiger partial charge >= 0.3 is 0 Å². The van der Waals surface area contributed by atoms with Crippen molar-refractivity contribution in [1.29, 1.82) is 0 Å². The molecule has 0 radical (unpaired) electrons. The average molecular weight is 295 g/mol. The number of rotatable bonds is 4. The van der Waals surface area contributed by atoms with Gasteiger partial charge in [0.1, 0.15) is 5.75 Å². The van der Waals surface area contributed by atoms with E-state index in [4.69, 9.17) is 9.47 Å². The molecule has 0 aliphatic carbocycles. The highest BCUT2D eigenvalue weighted by Gasteiger charge is 2.16. The second-order valence-corrected chi connectivity index (χ2v) is 5.00. The highest BCUT2D eigenvalue weighted by molar-refractivity contribution is 5.99. The Labute approximate surface area is 129 Å². The van der Waals surface area contributed by atoms with Gasteiger partial charge in [0, 0.05) is 12.1 Å². The molecular weight excluding hydrogens is 278 g/mol. The van der Waals surface area contributed by atoms with Crippen molar-refractivity contribution in [2.45, 2.75) is 6.42 Å². The molecule has 1 aliphatic rings. The van der Waals surface area contributed by atoms with Crippen LogP contribution in [0, 0.1) is 0 Å². The van der Waals surface area contributed by atoms with Crippen molar-refractivity contribution in [3.05, 3.63) is 59.7 Å². The number of amides is 1. The molecule has 22 heavy (non-hydrogen) atoms. The molecule has 0 atom stereocenters. The summed E-state index contributed by atoms with van der Waals surface area (Å²) < 4.78 is 11.2. The van der Waals surface area contributed by atoms with Crippen LogP contribution in [0.2, 0.25) is 0 Å². The zero-order valence-corrected chi connectivity index (χ0v) is 12.3. The van der Waals surface area contributed by atoms with Crippen LogP contribution in [-0.4, -0.2) is 19.6 Å². The van der Waals surface area contributed by atoms with Crippen LogP contribution in [0.1, 0.15) is 12.0 Å². The van der Waals surface area contributed by atoms with E-state index in [9.17, 15) is 4.79 Å². The van der Waals surface area contributed by atoms with E-state index in [1.165, 1.54) is 0 Å². The van der Waals surface area contributed by atoms with Crippen LogP contribution < -0.4 is 14.8 Å². The first-order chi connectivity index (χ1) is 10.8. The van der Waals surface area contributed by atoms with Gasteiger partial charge in [-0.1, -0.05) is 24.3 Å². The molecular formula is C18H17NO3. The Hall–Kier alpha value is -2.75. The normalized spacial score (nSPS) is 15.7. The Morgan fingerprint density at radius 1 is 1.09 bits per heavy atom. The van der Waals surface area contributed by atoms with Crippen molar-refractivity contribution in [2.24, 2.45) is 0 Å². The molecule has 0 unspecified atom stereocenters. The minimum absolute atomic E-state index is 0.00331. The lowest BCUT2D eigenvalue weighted by Gasteiger charge is -2.11. The maximum absolute atomic E-state index is 11.6. The second kappa shape index (κ2) is 6.35. The Morgan fingerprint density at radius 2 is 1.91 bits per heavy atom. The topological polar surface area (TPSA) is 47.6 Å². The summed E-state index contributed by atoms with van der Waals surface area (Å²) in [6, 6.07) is 15.2. The fourth-order valence-corrected chi connectivity index (χ4v) is 2.35. The van der Waals surface area contributed by atoms with Gasteiger partial charge in [0.2, 0.25) is 5.91 Å². The monoisotopic (exact) mass is 295 g/mol. The quantitative estimate of drug-likeness (QED) is 0.880. The van der Waals surface area contributed by atoms with Gasteiger partial charge < -0.3 is 14.8 Å². The maximum atomic E-state index is 11.6. The first-order valence-electron chi connectivity index (χ1n) is 7.16. The summed E-state index contributed by atoms with van der Waals surface area (Å²) in [5, 5.41) is 2.80. The smallest absolute Gasteiger partial charge is 0.247 e. The lowest BCUT2D eigenvalue weighted by molar-refractivity contribution is -0.116. The molecule has 112 valence electrons. The molecule has 1 aliphatic heterocycles. The molecule has 3 rings (SSSR count). The summed E-state index contributed by atoms with van der Waals surface area (Å²) in [5.41, 5.74) is 1.71. The van der Waals surface area contributed by atoms with Gasteiger partial charge in [0.15, 0.2) is 11.5 Å². The van der Waals surface area contributed by atoms with Crippen molar-refractivity contribution < 1.29 is 14.3 Å². The summed E-state index contributed by atoms with van der Waals surface area (Å²) in [7, 11) is 1.60. The van der Waals surface area contributed by atoms with Crippen molar-refractivity contribution in [3.8, 4) is 17.2 Å². The number of carbonyl (C=O) groups excluding carboxylic acids is 1. The number of nitrogens with one attached hydrogen (secondary N) is 1. The number of hydrogen-bond acceptors (Lipinski definition) is 3. The number of carbonyl (C=O) groups is 1. The van der Waals surface area contributed by atoms with Crippen molar-refractivity contribution in [1.82, 2.24) is 5.32 Å². The molecule has 2 aromatic rings. The third-order valence-corrected chi connectivity index (χ3v) is 3.47.